The van der Waals surface area contributed by atoms with E-state index < -0.39 is 29.9 Å². The van der Waals surface area contributed by atoms with Gasteiger partial charge < -0.3 is 0 Å². The Morgan fingerprint density at radius 3 is 2.45 bits per heavy atom. The lowest BCUT2D eigenvalue weighted by Gasteiger charge is -2.41. The topological polar surface area (TPSA) is 127 Å². The highest BCUT2D eigenvalue weighted by molar-refractivity contribution is 6.18. The van der Waals surface area contributed by atoms with E-state index in [1.165, 1.54) is 35.8 Å². The van der Waals surface area contributed by atoms with Crippen LogP contribution >= 0.6 is 0 Å². The van der Waals surface area contributed by atoms with Gasteiger partial charge in [-0.1, -0.05) is 41.5 Å². The maximum absolute atomic E-state index is 13.5. The molecule has 3 atom stereocenters. The molecule has 0 bridgehead atoms. The number of para-hydroxylation sites is 1. The highest BCUT2D eigenvalue weighted by atomic mass is 16.2. The summed E-state index contributed by atoms with van der Waals surface area (Å²) in [4.78, 5) is 59.3. The van der Waals surface area contributed by atoms with Crippen molar-refractivity contribution < 1.29 is 19.2 Å². The maximum Gasteiger partial charge on any atom is 0.277 e. The van der Waals surface area contributed by atoms with Gasteiger partial charge in [0.05, 0.1) is 5.69 Å². The molecule has 4 amide bonds. The van der Waals surface area contributed by atoms with Crippen molar-refractivity contribution in [3.8, 4) is 0 Å². The largest absolute Gasteiger partial charge is 0.290 e. The number of nitrogens with zero attached hydrogens (tertiary/aromatic N) is 6. The molecule has 0 saturated carbocycles. The van der Waals surface area contributed by atoms with Crippen molar-refractivity contribution in [3.05, 3.63) is 81.9 Å². The summed E-state index contributed by atoms with van der Waals surface area (Å²) in [5.74, 6) is -2.48. The van der Waals surface area contributed by atoms with E-state index in [-0.39, 0.29) is 28.8 Å². The maximum atomic E-state index is 13.5. The van der Waals surface area contributed by atoms with E-state index in [1.54, 1.807) is 18.2 Å². The molecule has 0 unspecified atom stereocenters. The van der Waals surface area contributed by atoms with Gasteiger partial charge in [0.25, 0.3) is 17.7 Å². The molecule has 0 aliphatic carbocycles. The van der Waals surface area contributed by atoms with E-state index in [2.05, 4.69) is 10.0 Å². The standard InChI is InChI=1S/C23H18N6O4/c1-12-21(31)29-19(11-16-14-7-4-6-10-18(14)28(13(2)30)20(16)29)23(33)27(12)22(32)15-8-3-5-9-17(15)25-26-24/h3-12,16,20H,1-2H3/t12-,16-,20-/m0/s1. The Hall–Kier alpha value is -4.43. The van der Waals surface area contributed by atoms with Crippen molar-refractivity contribution in [3.63, 3.8) is 0 Å². The number of fused-ring (bicyclic) bond motifs is 5. The average Bonchev–Trinajstić information content (AvgIpc) is 3.33. The van der Waals surface area contributed by atoms with Gasteiger partial charge in [0.1, 0.15) is 17.9 Å². The number of rotatable bonds is 2. The third kappa shape index (κ3) is 2.78. The van der Waals surface area contributed by atoms with Crippen LogP contribution in [0.3, 0.4) is 0 Å². The summed E-state index contributed by atoms with van der Waals surface area (Å²) in [6.07, 6.45) is 0.958. The number of benzene rings is 2. The van der Waals surface area contributed by atoms with E-state index in [9.17, 15) is 19.2 Å². The van der Waals surface area contributed by atoms with Crippen molar-refractivity contribution in [2.45, 2.75) is 32.0 Å². The highest BCUT2D eigenvalue weighted by Gasteiger charge is 2.56. The number of anilines is 1. The normalized spacial score (nSPS) is 22.9. The molecule has 0 aromatic heterocycles. The first-order chi connectivity index (χ1) is 15.9. The van der Waals surface area contributed by atoms with Gasteiger partial charge in [-0.25, -0.2) is 0 Å². The second-order valence-electron chi connectivity index (χ2n) is 8.01. The molecule has 2 aromatic carbocycles. The fraction of sp³-hybridized carbons (Fsp3) is 0.217. The number of piperazine rings is 1. The molecule has 2 aromatic rings. The molecule has 0 spiro atoms. The molecule has 3 heterocycles. The Morgan fingerprint density at radius 1 is 1.03 bits per heavy atom. The van der Waals surface area contributed by atoms with E-state index in [0.717, 1.165) is 10.5 Å². The monoisotopic (exact) mass is 442 g/mol. The Bertz CT molecular complexity index is 1330. The molecule has 10 nitrogen and oxygen atoms in total. The van der Waals surface area contributed by atoms with Crippen molar-refractivity contribution in [2.24, 2.45) is 5.11 Å². The molecule has 5 rings (SSSR count). The number of imide groups is 1. The molecule has 0 N–H and O–H groups in total. The van der Waals surface area contributed by atoms with E-state index in [0.29, 0.717) is 5.69 Å². The quantitative estimate of drug-likeness (QED) is 0.306. The third-order valence-corrected chi connectivity index (χ3v) is 6.27. The number of carbonyl (C=O) groups excluding carboxylic acids is 4. The molecule has 1 saturated heterocycles. The molecule has 0 radical (unpaired) electrons. The van der Waals surface area contributed by atoms with Crippen molar-refractivity contribution in [1.82, 2.24) is 9.80 Å². The SMILES string of the molecule is CC(=O)N1c2ccccc2[C@@H]2C=C3C(=O)N(C(=O)c4ccccc4N=[N+]=[N-])[C@@H](C)C(=O)N3[C@@H]21. The molecular formula is C23H18N6O4. The first-order valence-corrected chi connectivity index (χ1v) is 10.3. The van der Waals surface area contributed by atoms with Crippen LogP contribution in [0.4, 0.5) is 11.4 Å². The Labute approximate surface area is 188 Å². The van der Waals surface area contributed by atoms with Gasteiger partial charge in [-0.2, -0.15) is 0 Å². The fourth-order valence-electron chi connectivity index (χ4n) is 4.88. The molecule has 33 heavy (non-hydrogen) atoms. The van der Waals surface area contributed by atoms with Crippen molar-refractivity contribution in [2.75, 3.05) is 4.90 Å². The second-order valence-corrected chi connectivity index (χ2v) is 8.01. The minimum atomic E-state index is -1.11. The zero-order chi connectivity index (χ0) is 23.4. The van der Waals surface area contributed by atoms with Gasteiger partial charge >= 0.3 is 0 Å². The number of hydrogen-bond donors (Lipinski definition) is 0. The van der Waals surface area contributed by atoms with Crippen LogP contribution in [0.2, 0.25) is 0 Å². The highest BCUT2D eigenvalue weighted by Crippen LogP contribution is 2.49. The summed E-state index contributed by atoms with van der Waals surface area (Å²) in [7, 11) is 0. The Morgan fingerprint density at radius 2 is 1.73 bits per heavy atom. The first-order valence-electron chi connectivity index (χ1n) is 10.3. The van der Waals surface area contributed by atoms with Crippen LogP contribution in [0.1, 0.15) is 35.7 Å². The molecule has 1 fully saturated rings. The summed E-state index contributed by atoms with van der Waals surface area (Å²) in [6.45, 7) is 2.89. The van der Waals surface area contributed by atoms with E-state index in [1.807, 2.05) is 24.3 Å². The molecule has 164 valence electrons. The number of amides is 4. The lowest BCUT2D eigenvalue weighted by atomic mass is 10.0. The summed E-state index contributed by atoms with van der Waals surface area (Å²) in [5, 5.41) is 3.53. The first kappa shape index (κ1) is 20.5. The van der Waals surface area contributed by atoms with Crippen molar-refractivity contribution >= 4 is 35.0 Å². The van der Waals surface area contributed by atoms with Gasteiger partial charge in [-0.15, -0.1) is 0 Å². The molecular weight excluding hydrogens is 424 g/mol. The van der Waals surface area contributed by atoms with Gasteiger partial charge in [0.15, 0.2) is 0 Å². The average molecular weight is 442 g/mol. The minimum Gasteiger partial charge on any atom is -0.290 e. The summed E-state index contributed by atoms with van der Waals surface area (Å²) in [6, 6.07) is 12.3. The predicted octanol–water partition coefficient (Wildman–Crippen LogP) is 3.20. The van der Waals surface area contributed by atoms with Crippen LogP contribution in [0, 0.1) is 0 Å². The minimum absolute atomic E-state index is 0.0197. The Kier molecular flexibility index (Phi) is 4.54. The van der Waals surface area contributed by atoms with Crippen LogP contribution in [-0.2, 0) is 14.4 Å². The zero-order valence-corrected chi connectivity index (χ0v) is 17.7. The van der Waals surface area contributed by atoms with Crippen molar-refractivity contribution in [1.29, 1.82) is 0 Å². The summed E-state index contributed by atoms with van der Waals surface area (Å²) in [5.41, 5.74) is 10.5. The van der Waals surface area contributed by atoms with Crippen LogP contribution in [0.5, 0.6) is 0 Å². The number of hydrogen-bond acceptors (Lipinski definition) is 5. The lowest BCUT2D eigenvalue weighted by Crippen LogP contribution is -2.62. The van der Waals surface area contributed by atoms with E-state index in [4.69, 9.17) is 5.53 Å². The Balaban J connectivity index is 1.59. The smallest absolute Gasteiger partial charge is 0.277 e. The molecule has 3 aliphatic heterocycles. The van der Waals surface area contributed by atoms with Crippen LogP contribution in [0.25, 0.3) is 10.4 Å². The van der Waals surface area contributed by atoms with E-state index >= 15 is 0 Å². The van der Waals surface area contributed by atoms with Gasteiger partial charge in [0.2, 0.25) is 5.91 Å². The lowest BCUT2D eigenvalue weighted by molar-refractivity contribution is -0.148. The summed E-state index contributed by atoms with van der Waals surface area (Å²) < 4.78 is 0. The van der Waals surface area contributed by atoms with Gasteiger partial charge in [-0.3, -0.25) is 33.9 Å². The second kappa shape index (κ2) is 7.32. The van der Waals surface area contributed by atoms with Gasteiger partial charge in [0, 0.05) is 29.0 Å². The van der Waals surface area contributed by atoms with Gasteiger partial charge in [-0.05, 0) is 36.2 Å². The molecule has 10 heteroatoms. The van der Waals surface area contributed by atoms with Crippen LogP contribution in [0.15, 0.2) is 65.4 Å². The number of azide groups is 1. The predicted molar refractivity (Wildman–Crippen MR) is 117 cm³/mol. The summed E-state index contributed by atoms with van der Waals surface area (Å²) >= 11 is 0. The number of carbonyl (C=O) groups is 4. The zero-order valence-electron chi connectivity index (χ0n) is 17.7. The molecule has 3 aliphatic rings. The van der Waals surface area contributed by atoms with Crippen LogP contribution < -0.4 is 4.90 Å². The third-order valence-electron chi connectivity index (χ3n) is 6.27. The van der Waals surface area contributed by atoms with Crippen LogP contribution in [-0.4, -0.2) is 45.6 Å². The fourth-order valence-corrected chi connectivity index (χ4v) is 4.88.